The van der Waals surface area contributed by atoms with Crippen molar-refractivity contribution in [1.29, 1.82) is 0 Å². The van der Waals surface area contributed by atoms with E-state index in [4.69, 9.17) is 4.42 Å². The molecule has 3 nitrogen and oxygen atoms in total. The van der Waals surface area contributed by atoms with Gasteiger partial charge in [-0.1, -0.05) is 25.5 Å². The molecule has 0 fully saturated rings. The minimum atomic E-state index is 0.648. The highest BCUT2D eigenvalue weighted by Gasteiger charge is 2.07. The van der Waals surface area contributed by atoms with E-state index in [9.17, 15) is 0 Å². The molecule has 3 aromatic rings. The van der Waals surface area contributed by atoms with E-state index >= 15 is 0 Å². The van der Waals surface area contributed by atoms with Crippen LogP contribution in [0.2, 0.25) is 0 Å². The number of unbranched alkanes of at least 4 members (excludes halogenated alkanes) is 1. The average Bonchev–Trinajstić information content (AvgIpc) is 2.75. The summed E-state index contributed by atoms with van der Waals surface area (Å²) in [5, 5.41) is 0. The SMILES string of the molecule is CCCCc1cc2nc3ccccc3nc2o1. The van der Waals surface area contributed by atoms with Crippen LogP contribution in [0.15, 0.2) is 34.7 Å². The molecule has 0 aliphatic rings. The fourth-order valence-corrected chi connectivity index (χ4v) is 1.95. The van der Waals surface area contributed by atoms with Crippen LogP contribution in [0.5, 0.6) is 0 Å². The Morgan fingerprint density at radius 2 is 1.82 bits per heavy atom. The molecule has 0 saturated heterocycles. The van der Waals surface area contributed by atoms with Gasteiger partial charge < -0.3 is 4.42 Å². The van der Waals surface area contributed by atoms with E-state index < -0.39 is 0 Å². The van der Waals surface area contributed by atoms with Gasteiger partial charge in [-0.2, -0.15) is 0 Å². The van der Waals surface area contributed by atoms with E-state index in [0.29, 0.717) is 5.71 Å². The third-order valence-corrected chi connectivity index (χ3v) is 2.87. The summed E-state index contributed by atoms with van der Waals surface area (Å²) >= 11 is 0. The molecule has 0 spiro atoms. The molecular formula is C14H14N2O. The molecule has 3 rings (SSSR count). The topological polar surface area (TPSA) is 38.9 Å². The zero-order valence-corrected chi connectivity index (χ0v) is 9.81. The molecule has 0 saturated carbocycles. The fourth-order valence-electron chi connectivity index (χ4n) is 1.95. The number of aromatic nitrogens is 2. The molecule has 0 bridgehead atoms. The summed E-state index contributed by atoms with van der Waals surface area (Å²) in [5.41, 5.74) is 3.31. The number of hydrogen-bond acceptors (Lipinski definition) is 3. The van der Waals surface area contributed by atoms with Crippen molar-refractivity contribution in [3.63, 3.8) is 0 Å². The van der Waals surface area contributed by atoms with Crippen molar-refractivity contribution in [3.8, 4) is 0 Å². The van der Waals surface area contributed by atoms with Gasteiger partial charge in [0.05, 0.1) is 11.0 Å². The Labute approximate surface area is 99.5 Å². The monoisotopic (exact) mass is 226 g/mol. The van der Waals surface area contributed by atoms with Crippen LogP contribution in [0.25, 0.3) is 22.3 Å². The van der Waals surface area contributed by atoms with E-state index in [-0.39, 0.29) is 0 Å². The van der Waals surface area contributed by atoms with Crippen molar-refractivity contribution < 1.29 is 4.42 Å². The Bertz CT molecular complexity index is 605. The fraction of sp³-hybridized carbons (Fsp3) is 0.286. The predicted octanol–water partition coefficient (Wildman–Crippen LogP) is 3.72. The highest BCUT2D eigenvalue weighted by Crippen LogP contribution is 2.20. The van der Waals surface area contributed by atoms with E-state index in [0.717, 1.165) is 35.2 Å². The maximum atomic E-state index is 5.70. The second-order valence-electron chi connectivity index (χ2n) is 4.22. The normalized spacial score (nSPS) is 11.4. The Morgan fingerprint density at radius 1 is 1.06 bits per heavy atom. The molecular weight excluding hydrogens is 212 g/mol. The van der Waals surface area contributed by atoms with Gasteiger partial charge in [-0.3, -0.25) is 0 Å². The Kier molecular flexibility index (Phi) is 2.52. The van der Waals surface area contributed by atoms with Crippen molar-refractivity contribution in [3.05, 3.63) is 36.1 Å². The smallest absolute Gasteiger partial charge is 0.245 e. The van der Waals surface area contributed by atoms with Crippen LogP contribution in [0.3, 0.4) is 0 Å². The number of rotatable bonds is 3. The van der Waals surface area contributed by atoms with E-state index in [2.05, 4.69) is 16.9 Å². The molecule has 0 atom stereocenters. The summed E-state index contributed by atoms with van der Waals surface area (Å²) in [6, 6.07) is 9.87. The summed E-state index contributed by atoms with van der Waals surface area (Å²) in [4.78, 5) is 9.03. The number of furan rings is 1. The first-order valence-corrected chi connectivity index (χ1v) is 6.02. The molecule has 1 aromatic carbocycles. The molecule has 0 radical (unpaired) electrons. The molecule has 3 heteroatoms. The summed E-state index contributed by atoms with van der Waals surface area (Å²) in [6.45, 7) is 2.17. The lowest BCUT2D eigenvalue weighted by Gasteiger charge is -1.94. The highest BCUT2D eigenvalue weighted by atomic mass is 16.3. The molecule has 0 N–H and O–H groups in total. The van der Waals surface area contributed by atoms with Crippen LogP contribution in [0.4, 0.5) is 0 Å². The summed E-state index contributed by atoms with van der Waals surface area (Å²) in [6.07, 6.45) is 3.27. The van der Waals surface area contributed by atoms with Gasteiger partial charge in [0, 0.05) is 12.5 Å². The maximum Gasteiger partial charge on any atom is 0.245 e. The first kappa shape index (κ1) is 10.3. The maximum absolute atomic E-state index is 5.70. The third kappa shape index (κ3) is 1.88. The van der Waals surface area contributed by atoms with Gasteiger partial charge in [0.1, 0.15) is 11.3 Å². The first-order chi connectivity index (χ1) is 8.36. The van der Waals surface area contributed by atoms with Crippen LogP contribution in [0, 0.1) is 0 Å². The Hall–Kier alpha value is -1.90. The largest absolute Gasteiger partial charge is 0.441 e. The highest BCUT2D eigenvalue weighted by molar-refractivity contribution is 5.83. The Balaban J connectivity index is 2.11. The Morgan fingerprint density at radius 3 is 2.59 bits per heavy atom. The van der Waals surface area contributed by atoms with Crippen LogP contribution in [0.1, 0.15) is 25.5 Å². The molecule has 2 heterocycles. The van der Waals surface area contributed by atoms with Gasteiger partial charge in [0.15, 0.2) is 0 Å². The second kappa shape index (κ2) is 4.17. The minimum Gasteiger partial charge on any atom is -0.441 e. The van der Waals surface area contributed by atoms with Crippen LogP contribution in [-0.4, -0.2) is 9.97 Å². The zero-order valence-electron chi connectivity index (χ0n) is 9.81. The van der Waals surface area contributed by atoms with Gasteiger partial charge >= 0.3 is 0 Å². The van der Waals surface area contributed by atoms with E-state index in [1.807, 2.05) is 30.3 Å². The number of para-hydroxylation sites is 2. The van der Waals surface area contributed by atoms with Gasteiger partial charge in [-0.25, -0.2) is 9.97 Å². The predicted molar refractivity (Wildman–Crippen MR) is 67.9 cm³/mol. The van der Waals surface area contributed by atoms with Gasteiger partial charge in [-0.15, -0.1) is 0 Å². The van der Waals surface area contributed by atoms with Gasteiger partial charge in [-0.05, 0) is 18.6 Å². The number of fused-ring (bicyclic) bond motifs is 2. The van der Waals surface area contributed by atoms with Crippen LogP contribution < -0.4 is 0 Å². The lowest BCUT2D eigenvalue weighted by molar-refractivity contribution is 0.529. The summed E-state index contributed by atoms with van der Waals surface area (Å²) in [5.74, 6) is 0.983. The zero-order chi connectivity index (χ0) is 11.7. The van der Waals surface area contributed by atoms with Crippen molar-refractivity contribution in [2.45, 2.75) is 26.2 Å². The number of nitrogens with zero attached hydrogens (tertiary/aromatic N) is 2. The first-order valence-electron chi connectivity index (χ1n) is 6.02. The quantitative estimate of drug-likeness (QED) is 0.683. The van der Waals surface area contributed by atoms with Crippen molar-refractivity contribution in [1.82, 2.24) is 9.97 Å². The molecule has 86 valence electrons. The lowest BCUT2D eigenvalue weighted by atomic mass is 10.2. The molecule has 17 heavy (non-hydrogen) atoms. The lowest BCUT2D eigenvalue weighted by Crippen LogP contribution is -1.82. The van der Waals surface area contributed by atoms with Gasteiger partial charge in [0.2, 0.25) is 5.71 Å². The second-order valence-corrected chi connectivity index (χ2v) is 4.22. The van der Waals surface area contributed by atoms with Crippen molar-refractivity contribution >= 4 is 22.3 Å². The summed E-state index contributed by atoms with van der Waals surface area (Å²) < 4.78 is 5.70. The van der Waals surface area contributed by atoms with Crippen LogP contribution >= 0.6 is 0 Å². The molecule has 0 unspecified atom stereocenters. The van der Waals surface area contributed by atoms with Crippen LogP contribution in [-0.2, 0) is 6.42 Å². The minimum absolute atomic E-state index is 0.648. The van der Waals surface area contributed by atoms with E-state index in [1.165, 1.54) is 6.42 Å². The molecule has 2 aromatic heterocycles. The number of benzene rings is 1. The van der Waals surface area contributed by atoms with Crippen molar-refractivity contribution in [2.75, 3.05) is 0 Å². The molecule has 0 aliphatic carbocycles. The molecule has 0 amide bonds. The average molecular weight is 226 g/mol. The summed E-state index contributed by atoms with van der Waals surface area (Å²) in [7, 11) is 0. The number of hydrogen-bond donors (Lipinski definition) is 0. The standard InChI is InChI=1S/C14H14N2O/c1-2-3-6-10-9-13-14(17-10)16-12-8-5-4-7-11(12)15-13/h4-5,7-9H,2-3,6H2,1H3. The van der Waals surface area contributed by atoms with Crippen molar-refractivity contribution in [2.24, 2.45) is 0 Å². The van der Waals surface area contributed by atoms with Gasteiger partial charge in [0.25, 0.3) is 0 Å². The molecule has 0 aliphatic heterocycles. The third-order valence-electron chi connectivity index (χ3n) is 2.87. The number of aryl methyl sites for hydroxylation is 1. The van der Waals surface area contributed by atoms with E-state index in [1.54, 1.807) is 0 Å².